The molecule has 1 unspecified atom stereocenters. The standard InChI is InChI=1S/C14H16N2O4/c17-13-7-10(2-1-5-15-13)16-14(18)9-3-4-11-12(6-9)20-8-19-11/h3-4,6,10H,1-2,5,7-8H2,(H,15,17)(H,16,18). The van der Waals surface area contributed by atoms with Gasteiger partial charge in [-0.15, -0.1) is 0 Å². The van der Waals surface area contributed by atoms with Crippen LogP contribution in [-0.2, 0) is 4.79 Å². The molecule has 1 atom stereocenters. The number of carbonyl (C=O) groups is 2. The van der Waals surface area contributed by atoms with E-state index in [1.54, 1.807) is 18.2 Å². The van der Waals surface area contributed by atoms with Gasteiger partial charge in [0.2, 0.25) is 12.7 Å². The van der Waals surface area contributed by atoms with Crippen LogP contribution in [0.2, 0.25) is 0 Å². The Morgan fingerprint density at radius 1 is 1.30 bits per heavy atom. The van der Waals surface area contributed by atoms with Crippen LogP contribution in [0, 0.1) is 0 Å². The van der Waals surface area contributed by atoms with Gasteiger partial charge >= 0.3 is 0 Å². The topological polar surface area (TPSA) is 76.7 Å². The maximum Gasteiger partial charge on any atom is 0.251 e. The third kappa shape index (κ3) is 2.68. The highest BCUT2D eigenvalue weighted by Gasteiger charge is 2.21. The van der Waals surface area contributed by atoms with Gasteiger partial charge in [0, 0.05) is 24.6 Å². The van der Waals surface area contributed by atoms with Crippen molar-refractivity contribution < 1.29 is 19.1 Å². The molecule has 1 fully saturated rings. The van der Waals surface area contributed by atoms with E-state index < -0.39 is 0 Å². The van der Waals surface area contributed by atoms with Crippen molar-refractivity contribution in [3.63, 3.8) is 0 Å². The number of carbonyl (C=O) groups excluding carboxylic acids is 2. The zero-order valence-electron chi connectivity index (χ0n) is 11.0. The minimum absolute atomic E-state index is 0.0153. The first-order valence-corrected chi connectivity index (χ1v) is 6.69. The molecule has 0 radical (unpaired) electrons. The summed E-state index contributed by atoms with van der Waals surface area (Å²) in [5, 5.41) is 5.70. The molecule has 6 nitrogen and oxygen atoms in total. The van der Waals surface area contributed by atoms with Crippen LogP contribution >= 0.6 is 0 Å². The van der Waals surface area contributed by atoms with Crippen LogP contribution in [0.1, 0.15) is 29.6 Å². The van der Waals surface area contributed by atoms with Crippen molar-refractivity contribution in [1.29, 1.82) is 0 Å². The molecule has 2 amide bonds. The average molecular weight is 276 g/mol. The average Bonchev–Trinajstić information content (AvgIpc) is 2.81. The maximum absolute atomic E-state index is 12.2. The quantitative estimate of drug-likeness (QED) is 0.838. The Bertz CT molecular complexity index is 544. The zero-order chi connectivity index (χ0) is 13.9. The first kappa shape index (κ1) is 12.8. The second-order valence-electron chi connectivity index (χ2n) is 4.93. The Kier molecular flexibility index (Phi) is 3.45. The van der Waals surface area contributed by atoms with Crippen LogP contribution < -0.4 is 20.1 Å². The number of hydrogen-bond acceptors (Lipinski definition) is 4. The number of nitrogens with one attached hydrogen (secondary N) is 2. The van der Waals surface area contributed by atoms with E-state index >= 15 is 0 Å². The smallest absolute Gasteiger partial charge is 0.251 e. The van der Waals surface area contributed by atoms with Gasteiger partial charge in [0.05, 0.1) is 0 Å². The molecule has 0 aromatic heterocycles. The number of ether oxygens (including phenoxy) is 2. The molecule has 2 aliphatic rings. The Balaban J connectivity index is 1.68. The molecule has 2 heterocycles. The lowest BCUT2D eigenvalue weighted by Gasteiger charge is -2.15. The SMILES string of the molecule is O=C1CC(NC(=O)c2ccc3c(c2)OCO3)CCCN1. The number of benzene rings is 1. The molecular weight excluding hydrogens is 260 g/mol. The van der Waals surface area contributed by atoms with E-state index in [0.717, 1.165) is 12.8 Å². The molecule has 2 aliphatic heterocycles. The summed E-state index contributed by atoms with van der Waals surface area (Å²) in [5.41, 5.74) is 0.513. The molecule has 3 rings (SSSR count). The molecule has 0 saturated carbocycles. The van der Waals surface area contributed by atoms with Gasteiger partial charge in [-0.3, -0.25) is 9.59 Å². The summed E-state index contributed by atoms with van der Waals surface area (Å²) >= 11 is 0. The molecule has 0 aliphatic carbocycles. The molecule has 2 N–H and O–H groups in total. The van der Waals surface area contributed by atoms with Crippen molar-refractivity contribution in [3.05, 3.63) is 23.8 Å². The van der Waals surface area contributed by atoms with E-state index in [4.69, 9.17) is 9.47 Å². The van der Waals surface area contributed by atoms with Crippen LogP contribution in [-0.4, -0.2) is 31.2 Å². The highest BCUT2D eigenvalue weighted by Crippen LogP contribution is 2.32. The zero-order valence-corrected chi connectivity index (χ0v) is 11.0. The van der Waals surface area contributed by atoms with Crippen molar-refractivity contribution >= 4 is 11.8 Å². The fourth-order valence-electron chi connectivity index (χ4n) is 2.40. The Morgan fingerprint density at radius 2 is 2.15 bits per heavy atom. The fraction of sp³-hybridized carbons (Fsp3) is 0.429. The summed E-state index contributed by atoms with van der Waals surface area (Å²) in [4.78, 5) is 23.7. The Labute approximate surface area is 116 Å². The highest BCUT2D eigenvalue weighted by atomic mass is 16.7. The van der Waals surface area contributed by atoms with E-state index in [9.17, 15) is 9.59 Å². The van der Waals surface area contributed by atoms with Gasteiger partial charge in [-0.25, -0.2) is 0 Å². The number of hydrogen-bond donors (Lipinski definition) is 2. The van der Waals surface area contributed by atoms with E-state index in [1.807, 2.05) is 0 Å². The van der Waals surface area contributed by atoms with Crippen molar-refractivity contribution in [3.8, 4) is 11.5 Å². The summed E-state index contributed by atoms with van der Waals surface area (Å²) in [7, 11) is 0. The van der Waals surface area contributed by atoms with Gasteiger partial charge in [0.1, 0.15) is 0 Å². The maximum atomic E-state index is 12.2. The van der Waals surface area contributed by atoms with E-state index in [2.05, 4.69) is 10.6 Å². The molecular formula is C14H16N2O4. The van der Waals surface area contributed by atoms with Crippen molar-refractivity contribution in [2.75, 3.05) is 13.3 Å². The third-order valence-corrected chi connectivity index (χ3v) is 3.45. The van der Waals surface area contributed by atoms with Gasteiger partial charge in [0.25, 0.3) is 5.91 Å². The predicted octanol–water partition coefficient (Wildman–Crippen LogP) is 0.814. The summed E-state index contributed by atoms with van der Waals surface area (Å²) < 4.78 is 10.5. The summed E-state index contributed by atoms with van der Waals surface area (Å²) in [6.45, 7) is 0.860. The molecule has 1 aromatic carbocycles. The van der Waals surface area contributed by atoms with Gasteiger partial charge in [-0.2, -0.15) is 0 Å². The minimum Gasteiger partial charge on any atom is -0.454 e. The van der Waals surface area contributed by atoms with Gasteiger partial charge in [-0.05, 0) is 31.0 Å². The van der Waals surface area contributed by atoms with E-state index in [0.29, 0.717) is 30.0 Å². The molecule has 0 bridgehead atoms. The van der Waals surface area contributed by atoms with E-state index in [-0.39, 0.29) is 24.6 Å². The Morgan fingerprint density at radius 3 is 3.05 bits per heavy atom. The van der Waals surface area contributed by atoms with Crippen molar-refractivity contribution in [1.82, 2.24) is 10.6 Å². The molecule has 1 saturated heterocycles. The Hall–Kier alpha value is -2.24. The minimum atomic E-state index is -0.192. The molecule has 6 heteroatoms. The van der Waals surface area contributed by atoms with Gasteiger partial charge < -0.3 is 20.1 Å². The number of rotatable bonds is 2. The van der Waals surface area contributed by atoms with Crippen molar-refractivity contribution in [2.24, 2.45) is 0 Å². The van der Waals surface area contributed by atoms with Gasteiger partial charge in [-0.1, -0.05) is 0 Å². The van der Waals surface area contributed by atoms with Crippen LogP contribution in [0.3, 0.4) is 0 Å². The number of fused-ring (bicyclic) bond motifs is 1. The monoisotopic (exact) mass is 276 g/mol. The highest BCUT2D eigenvalue weighted by molar-refractivity contribution is 5.95. The van der Waals surface area contributed by atoms with Gasteiger partial charge in [0.15, 0.2) is 11.5 Å². The lowest BCUT2D eigenvalue weighted by molar-refractivity contribution is -0.121. The molecule has 20 heavy (non-hydrogen) atoms. The van der Waals surface area contributed by atoms with Crippen LogP contribution in [0.25, 0.3) is 0 Å². The van der Waals surface area contributed by atoms with Crippen LogP contribution in [0.15, 0.2) is 18.2 Å². The first-order valence-electron chi connectivity index (χ1n) is 6.69. The largest absolute Gasteiger partial charge is 0.454 e. The molecule has 106 valence electrons. The second-order valence-corrected chi connectivity index (χ2v) is 4.93. The number of amides is 2. The predicted molar refractivity (Wildman–Crippen MR) is 70.7 cm³/mol. The normalized spacial score (nSPS) is 21.0. The first-order chi connectivity index (χ1) is 9.72. The van der Waals surface area contributed by atoms with E-state index in [1.165, 1.54) is 0 Å². The molecule has 0 spiro atoms. The lowest BCUT2D eigenvalue weighted by Crippen LogP contribution is -2.36. The fourth-order valence-corrected chi connectivity index (χ4v) is 2.40. The lowest BCUT2D eigenvalue weighted by atomic mass is 10.1. The summed E-state index contributed by atoms with van der Waals surface area (Å²) in [5.74, 6) is 1.02. The second kappa shape index (κ2) is 5.40. The van der Waals surface area contributed by atoms with Crippen molar-refractivity contribution in [2.45, 2.75) is 25.3 Å². The summed E-state index contributed by atoms with van der Waals surface area (Å²) in [6.07, 6.45) is 2.00. The van der Waals surface area contributed by atoms with Crippen LogP contribution in [0.4, 0.5) is 0 Å². The van der Waals surface area contributed by atoms with Crippen LogP contribution in [0.5, 0.6) is 11.5 Å². The third-order valence-electron chi connectivity index (χ3n) is 3.45. The summed E-state index contributed by atoms with van der Waals surface area (Å²) in [6, 6.07) is 4.96. The molecule has 1 aromatic rings.